The Morgan fingerprint density at radius 1 is 0.852 bits per heavy atom. The van der Waals surface area contributed by atoms with Crippen molar-refractivity contribution in [1.82, 2.24) is 0 Å². The molecule has 0 heterocycles. The first kappa shape index (κ1) is 19.1. The van der Waals surface area contributed by atoms with Crippen molar-refractivity contribution in [2.45, 2.75) is 6.92 Å². The van der Waals surface area contributed by atoms with Crippen LogP contribution in [0.1, 0.15) is 22.8 Å². The molecule has 136 valence electrons. The number of rotatable bonds is 8. The van der Waals surface area contributed by atoms with Crippen LogP contribution < -0.4 is 10.6 Å². The first-order valence-electron chi connectivity index (χ1n) is 9.01. The SMILES string of the molecule is CC(=O)c1ccccc1/C=C/OCCP(c1ccccc1)c1ccccc1. The average Bonchev–Trinajstić information content (AvgIpc) is 2.72. The van der Waals surface area contributed by atoms with E-state index in [0.29, 0.717) is 12.2 Å². The summed E-state index contributed by atoms with van der Waals surface area (Å²) in [6, 6.07) is 28.8. The fraction of sp³-hybridized carbons (Fsp3) is 0.125. The quantitative estimate of drug-likeness (QED) is 0.240. The molecule has 3 aromatic carbocycles. The van der Waals surface area contributed by atoms with E-state index in [0.717, 1.165) is 11.7 Å². The Morgan fingerprint density at radius 3 is 2.00 bits per heavy atom. The van der Waals surface area contributed by atoms with Gasteiger partial charge in [-0.3, -0.25) is 4.79 Å². The zero-order valence-electron chi connectivity index (χ0n) is 15.4. The molecule has 0 aliphatic carbocycles. The van der Waals surface area contributed by atoms with E-state index in [9.17, 15) is 4.79 Å². The van der Waals surface area contributed by atoms with Crippen LogP contribution in [0.4, 0.5) is 0 Å². The van der Waals surface area contributed by atoms with Gasteiger partial charge in [-0.25, -0.2) is 0 Å². The fourth-order valence-corrected chi connectivity index (χ4v) is 5.09. The molecule has 3 rings (SSSR count). The third-order valence-corrected chi connectivity index (χ3v) is 6.73. The van der Waals surface area contributed by atoms with Crippen LogP contribution in [0, 0.1) is 0 Å². The predicted molar refractivity (Wildman–Crippen MR) is 115 cm³/mol. The zero-order chi connectivity index (χ0) is 18.9. The molecule has 27 heavy (non-hydrogen) atoms. The summed E-state index contributed by atoms with van der Waals surface area (Å²) in [4.78, 5) is 11.7. The first-order valence-corrected chi connectivity index (χ1v) is 10.5. The van der Waals surface area contributed by atoms with Crippen LogP contribution in [0.3, 0.4) is 0 Å². The van der Waals surface area contributed by atoms with Gasteiger partial charge in [0.2, 0.25) is 0 Å². The lowest BCUT2D eigenvalue weighted by Crippen LogP contribution is -2.15. The monoisotopic (exact) mass is 374 g/mol. The van der Waals surface area contributed by atoms with E-state index < -0.39 is 7.92 Å². The number of ether oxygens (including phenoxy) is 1. The van der Waals surface area contributed by atoms with Crippen molar-refractivity contribution in [3.8, 4) is 0 Å². The van der Waals surface area contributed by atoms with Crippen LogP contribution >= 0.6 is 7.92 Å². The fourth-order valence-electron chi connectivity index (χ4n) is 2.92. The maximum absolute atomic E-state index is 11.7. The van der Waals surface area contributed by atoms with Gasteiger partial charge in [-0.1, -0.05) is 84.9 Å². The number of Topliss-reactive ketones (excluding diaryl/α,β-unsaturated/α-hetero) is 1. The predicted octanol–water partition coefficient (Wildman–Crippen LogP) is 5.01. The van der Waals surface area contributed by atoms with Crippen molar-refractivity contribution in [2.75, 3.05) is 12.8 Å². The number of hydrogen-bond acceptors (Lipinski definition) is 2. The molecule has 0 spiro atoms. The molecule has 0 N–H and O–H groups in total. The highest BCUT2D eigenvalue weighted by molar-refractivity contribution is 7.73. The normalized spacial score (nSPS) is 11.0. The van der Waals surface area contributed by atoms with Gasteiger partial charge in [-0.05, 0) is 37.1 Å². The highest BCUT2D eigenvalue weighted by atomic mass is 31.1. The molecule has 0 aliphatic rings. The Kier molecular flexibility index (Phi) is 6.96. The van der Waals surface area contributed by atoms with Crippen LogP contribution in [0.15, 0.2) is 91.2 Å². The topological polar surface area (TPSA) is 26.3 Å². The average molecular weight is 374 g/mol. The largest absolute Gasteiger partial charge is 0.501 e. The minimum atomic E-state index is -0.451. The molecule has 0 saturated heterocycles. The summed E-state index contributed by atoms with van der Waals surface area (Å²) < 4.78 is 5.77. The van der Waals surface area contributed by atoms with E-state index in [1.165, 1.54) is 10.6 Å². The third kappa shape index (κ3) is 5.39. The van der Waals surface area contributed by atoms with E-state index in [2.05, 4.69) is 48.5 Å². The lowest BCUT2D eigenvalue weighted by Gasteiger charge is -2.18. The molecule has 0 saturated carbocycles. The highest BCUT2D eigenvalue weighted by Gasteiger charge is 2.12. The molecule has 0 atom stereocenters. The second kappa shape index (κ2) is 9.85. The van der Waals surface area contributed by atoms with Crippen molar-refractivity contribution in [3.63, 3.8) is 0 Å². The molecule has 0 aliphatic heterocycles. The van der Waals surface area contributed by atoms with E-state index >= 15 is 0 Å². The van der Waals surface area contributed by atoms with Crippen molar-refractivity contribution in [3.05, 3.63) is 102 Å². The molecule has 0 bridgehead atoms. The van der Waals surface area contributed by atoms with E-state index in [1.807, 2.05) is 42.5 Å². The number of carbonyl (C=O) groups excluding carboxylic acids is 1. The van der Waals surface area contributed by atoms with E-state index in [1.54, 1.807) is 13.2 Å². The summed E-state index contributed by atoms with van der Waals surface area (Å²) in [5.74, 6) is 0.0620. The zero-order valence-corrected chi connectivity index (χ0v) is 16.3. The number of hydrogen-bond donors (Lipinski definition) is 0. The van der Waals surface area contributed by atoms with Crippen molar-refractivity contribution < 1.29 is 9.53 Å². The lowest BCUT2D eigenvalue weighted by molar-refractivity contribution is 0.101. The second-order valence-corrected chi connectivity index (χ2v) is 8.48. The van der Waals surface area contributed by atoms with Gasteiger partial charge < -0.3 is 4.74 Å². The van der Waals surface area contributed by atoms with Crippen LogP contribution in [-0.2, 0) is 4.74 Å². The van der Waals surface area contributed by atoms with Crippen molar-refractivity contribution >= 4 is 30.4 Å². The van der Waals surface area contributed by atoms with Gasteiger partial charge in [0, 0.05) is 11.7 Å². The van der Waals surface area contributed by atoms with Crippen LogP contribution in [-0.4, -0.2) is 18.6 Å². The van der Waals surface area contributed by atoms with Gasteiger partial charge in [-0.15, -0.1) is 0 Å². The first-order chi connectivity index (χ1) is 13.3. The summed E-state index contributed by atoms with van der Waals surface area (Å²) in [5, 5.41) is 2.71. The maximum Gasteiger partial charge on any atom is 0.160 e. The Morgan fingerprint density at radius 2 is 1.41 bits per heavy atom. The van der Waals surface area contributed by atoms with Gasteiger partial charge in [0.25, 0.3) is 0 Å². The smallest absolute Gasteiger partial charge is 0.160 e. The standard InChI is InChI=1S/C24H23O2P/c1-20(25)24-15-9-8-10-21(24)16-17-26-18-19-27(22-11-4-2-5-12-22)23-13-6-3-7-14-23/h2-17H,18-19H2,1H3/b17-16+. The van der Waals surface area contributed by atoms with Gasteiger partial charge >= 0.3 is 0 Å². The van der Waals surface area contributed by atoms with Crippen molar-refractivity contribution in [1.29, 1.82) is 0 Å². The van der Waals surface area contributed by atoms with Gasteiger partial charge in [0.05, 0.1) is 12.9 Å². The Balaban J connectivity index is 1.64. The Hall–Kier alpha value is -2.70. The van der Waals surface area contributed by atoms with E-state index in [-0.39, 0.29) is 5.78 Å². The van der Waals surface area contributed by atoms with E-state index in [4.69, 9.17) is 4.74 Å². The minimum absolute atomic E-state index is 0.0620. The summed E-state index contributed by atoms with van der Waals surface area (Å²) in [6.45, 7) is 2.22. The summed E-state index contributed by atoms with van der Waals surface area (Å²) in [5.41, 5.74) is 1.60. The number of benzene rings is 3. The summed E-state index contributed by atoms with van der Waals surface area (Å²) >= 11 is 0. The molecule has 0 unspecified atom stereocenters. The number of ketones is 1. The molecular weight excluding hydrogens is 351 g/mol. The molecule has 2 nitrogen and oxygen atoms in total. The Bertz CT molecular complexity index is 849. The van der Waals surface area contributed by atoms with Crippen molar-refractivity contribution in [2.24, 2.45) is 0 Å². The molecular formula is C24H23O2P. The van der Waals surface area contributed by atoms with Crippen LogP contribution in [0.5, 0.6) is 0 Å². The van der Waals surface area contributed by atoms with Gasteiger partial charge in [0.1, 0.15) is 0 Å². The number of carbonyl (C=O) groups is 1. The molecule has 3 heteroatoms. The lowest BCUT2D eigenvalue weighted by atomic mass is 10.0. The van der Waals surface area contributed by atoms with Crippen LogP contribution in [0.25, 0.3) is 6.08 Å². The Labute approximate surface area is 162 Å². The molecule has 3 aromatic rings. The minimum Gasteiger partial charge on any atom is -0.501 e. The summed E-state index contributed by atoms with van der Waals surface area (Å²) in [7, 11) is -0.451. The third-order valence-electron chi connectivity index (χ3n) is 4.25. The molecule has 0 radical (unpaired) electrons. The van der Waals surface area contributed by atoms with Gasteiger partial charge in [0.15, 0.2) is 5.78 Å². The van der Waals surface area contributed by atoms with Crippen LogP contribution in [0.2, 0.25) is 0 Å². The molecule has 0 aromatic heterocycles. The maximum atomic E-state index is 11.7. The highest BCUT2D eigenvalue weighted by Crippen LogP contribution is 2.32. The molecule has 0 amide bonds. The second-order valence-electron chi connectivity index (χ2n) is 6.14. The summed E-state index contributed by atoms with van der Waals surface area (Å²) in [6.07, 6.45) is 4.51. The molecule has 0 fully saturated rings. The van der Waals surface area contributed by atoms with Gasteiger partial charge in [-0.2, -0.15) is 0 Å².